The Morgan fingerprint density at radius 2 is 1.79 bits per heavy atom. The molecule has 2 aliphatic heterocycles. The van der Waals surface area contributed by atoms with E-state index in [1.807, 2.05) is 0 Å². The van der Waals surface area contributed by atoms with Crippen molar-refractivity contribution in [1.29, 1.82) is 0 Å². The van der Waals surface area contributed by atoms with E-state index in [0.717, 1.165) is 19.3 Å². The summed E-state index contributed by atoms with van der Waals surface area (Å²) < 4.78 is 28.0. The molecule has 6 nitrogen and oxygen atoms in total. The lowest BCUT2D eigenvalue weighted by Crippen LogP contribution is -2.57. The standard InChI is InChI=1S/C12H22N2O4S/c1-2-12(11(15)16)7-6-10-14(12)19(17,18)13-8-4-3-5-9-13/h2-10H2,1H3,(H,15,16). The maximum atomic E-state index is 12.7. The highest BCUT2D eigenvalue weighted by Crippen LogP contribution is 2.36. The molecule has 1 unspecified atom stereocenters. The van der Waals surface area contributed by atoms with Gasteiger partial charge in [0.1, 0.15) is 5.54 Å². The Kier molecular flexibility index (Phi) is 4.17. The zero-order chi connectivity index (χ0) is 14.1. The quantitative estimate of drug-likeness (QED) is 0.839. The van der Waals surface area contributed by atoms with Gasteiger partial charge in [-0.2, -0.15) is 17.0 Å². The van der Waals surface area contributed by atoms with Gasteiger partial charge in [0.15, 0.2) is 0 Å². The second kappa shape index (κ2) is 5.38. The SMILES string of the molecule is CCC1(C(=O)O)CCCN1S(=O)(=O)N1CCCCC1. The average molecular weight is 290 g/mol. The third-order valence-electron chi connectivity index (χ3n) is 4.33. The number of hydrogen-bond donors (Lipinski definition) is 1. The molecule has 0 aromatic carbocycles. The van der Waals surface area contributed by atoms with Gasteiger partial charge in [-0.1, -0.05) is 13.3 Å². The van der Waals surface area contributed by atoms with Crippen LogP contribution in [0.5, 0.6) is 0 Å². The first kappa shape index (κ1) is 14.7. The molecule has 2 aliphatic rings. The van der Waals surface area contributed by atoms with Crippen LogP contribution in [0.4, 0.5) is 0 Å². The van der Waals surface area contributed by atoms with Gasteiger partial charge in [0.2, 0.25) is 0 Å². The molecule has 1 N–H and O–H groups in total. The molecule has 110 valence electrons. The fourth-order valence-electron chi connectivity index (χ4n) is 3.14. The molecule has 0 spiro atoms. The van der Waals surface area contributed by atoms with Crippen molar-refractivity contribution in [1.82, 2.24) is 8.61 Å². The van der Waals surface area contributed by atoms with Gasteiger partial charge < -0.3 is 5.11 Å². The summed E-state index contributed by atoms with van der Waals surface area (Å²) in [5.41, 5.74) is -1.24. The monoisotopic (exact) mass is 290 g/mol. The zero-order valence-electron chi connectivity index (χ0n) is 11.3. The average Bonchev–Trinajstić information content (AvgIpc) is 2.85. The van der Waals surface area contributed by atoms with Crippen molar-refractivity contribution in [3.63, 3.8) is 0 Å². The van der Waals surface area contributed by atoms with Crippen molar-refractivity contribution >= 4 is 16.2 Å². The lowest BCUT2D eigenvalue weighted by atomic mass is 9.95. The van der Waals surface area contributed by atoms with Crippen molar-refractivity contribution in [3.05, 3.63) is 0 Å². The molecule has 2 saturated heterocycles. The Morgan fingerprint density at radius 1 is 1.16 bits per heavy atom. The highest BCUT2D eigenvalue weighted by atomic mass is 32.2. The van der Waals surface area contributed by atoms with Gasteiger partial charge in [-0.05, 0) is 32.1 Å². The van der Waals surface area contributed by atoms with Gasteiger partial charge in [0, 0.05) is 19.6 Å². The maximum absolute atomic E-state index is 12.7. The van der Waals surface area contributed by atoms with Gasteiger partial charge in [-0.25, -0.2) is 0 Å². The number of hydrogen-bond acceptors (Lipinski definition) is 3. The number of rotatable bonds is 4. The Morgan fingerprint density at radius 3 is 2.32 bits per heavy atom. The minimum absolute atomic E-state index is 0.315. The van der Waals surface area contributed by atoms with Crippen LogP contribution in [-0.2, 0) is 15.0 Å². The Balaban J connectivity index is 2.30. The van der Waals surface area contributed by atoms with Crippen LogP contribution >= 0.6 is 0 Å². The van der Waals surface area contributed by atoms with E-state index in [9.17, 15) is 18.3 Å². The van der Waals surface area contributed by atoms with E-state index in [1.165, 1.54) is 8.61 Å². The molecular formula is C12H22N2O4S. The molecule has 1 atom stereocenters. The smallest absolute Gasteiger partial charge is 0.325 e. The first-order valence-electron chi connectivity index (χ1n) is 6.96. The minimum atomic E-state index is -3.64. The van der Waals surface area contributed by atoms with Crippen LogP contribution in [0.25, 0.3) is 0 Å². The van der Waals surface area contributed by atoms with Crippen LogP contribution < -0.4 is 0 Å². The number of carboxylic acids is 1. The molecule has 0 radical (unpaired) electrons. The van der Waals surface area contributed by atoms with E-state index in [0.29, 0.717) is 38.9 Å². The molecule has 0 aromatic rings. The fourth-order valence-corrected chi connectivity index (χ4v) is 5.24. The van der Waals surface area contributed by atoms with E-state index in [2.05, 4.69) is 0 Å². The second-order valence-corrected chi connectivity index (χ2v) is 7.19. The highest BCUT2D eigenvalue weighted by molar-refractivity contribution is 7.86. The fraction of sp³-hybridized carbons (Fsp3) is 0.917. The first-order chi connectivity index (χ1) is 8.95. The molecule has 0 aliphatic carbocycles. The van der Waals surface area contributed by atoms with Crippen molar-refractivity contribution < 1.29 is 18.3 Å². The maximum Gasteiger partial charge on any atom is 0.325 e. The highest BCUT2D eigenvalue weighted by Gasteiger charge is 2.53. The van der Waals surface area contributed by atoms with E-state index in [-0.39, 0.29) is 0 Å². The van der Waals surface area contributed by atoms with Crippen LogP contribution in [0.15, 0.2) is 0 Å². The van der Waals surface area contributed by atoms with Crippen molar-refractivity contribution in [3.8, 4) is 0 Å². The van der Waals surface area contributed by atoms with Gasteiger partial charge >= 0.3 is 5.97 Å². The topological polar surface area (TPSA) is 77.9 Å². The second-order valence-electron chi connectivity index (χ2n) is 5.33. The van der Waals surface area contributed by atoms with Crippen LogP contribution in [0.1, 0.15) is 45.4 Å². The summed E-state index contributed by atoms with van der Waals surface area (Å²) in [7, 11) is -3.64. The number of aliphatic carboxylic acids is 1. The summed E-state index contributed by atoms with van der Waals surface area (Å²) in [6, 6.07) is 0. The molecule has 0 saturated carbocycles. The summed E-state index contributed by atoms with van der Waals surface area (Å²) in [4.78, 5) is 11.6. The summed E-state index contributed by atoms with van der Waals surface area (Å²) in [5.74, 6) is -1.02. The Bertz CT molecular complexity index is 445. The Hall–Kier alpha value is -0.660. The van der Waals surface area contributed by atoms with Crippen molar-refractivity contribution in [2.45, 2.75) is 51.0 Å². The molecule has 2 fully saturated rings. The minimum Gasteiger partial charge on any atom is -0.480 e. The largest absolute Gasteiger partial charge is 0.480 e. The van der Waals surface area contributed by atoms with E-state index in [1.54, 1.807) is 6.92 Å². The summed E-state index contributed by atoms with van der Waals surface area (Å²) >= 11 is 0. The summed E-state index contributed by atoms with van der Waals surface area (Å²) in [6.45, 7) is 3.09. The molecular weight excluding hydrogens is 268 g/mol. The predicted molar refractivity (Wildman–Crippen MR) is 70.9 cm³/mol. The van der Waals surface area contributed by atoms with Crippen LogP contribution in [0, 0.1) is 0 Å². The van der Waals surface area contributed by atoms with Crippen LogP contribution in [-0.4, -0.2) is 53.3 Å². The number of carbonyl (C=O) groups is 1. The predicted octanol–water partition coefficient (Wildman–Crippen LogP) is 1.05. The van der Waals surface area contributed by atoms with Gasteiger partial charge in [0.05, 0.1) is 0 Å². The third kappa shape index (κ3) is 2.39. The Labute approximate surface area is 114 Å². The van der Waals surface area contributed by atoms with E-state index in [4.69, 9.17) is 0 Å². The molecule has 2 rings (SSSR count). The molecule has 19 heavy (non-hydrogen) atoms. The molecule has 0 aromatic heterocycles. The number of nitrogens with zero attached hydrogens (tertiary/aromatic N) is 2. The number of carboxylic acid groups (broad SMARTS) is 1. The lowest BCUT2D eigenvalue weighted by Gasteiger charge is -2.37. The lowest BCUT2D eigenvalue weighted by molar-refractivity contribution is -0.147. The molecule has 0 amide bonds. The van der Waals surface area contributed by atoms with E-state index < -0.39 is 21.7 Å². The van der Waals surface area contributed by atoms with Gasteiger partial charge in [-0.3, -0.25) is 4.79 Å². The third-order valence-corrected chi connectivity index (χ3v) is 6.44. The normalized spacial score (nSPS) is 30.6. The van der Waals surface area contributed by atoms with Crippen molar-refractivity contribution in [2.75, 3.05) is 19.6 Å². The van der Waals surface area contributed by atoms with Crippen LogP contribution in [0.3, 0.4) is 0 Å². The van der Waals surface area contributed by atoms with Gasteiger partial charge in [-0.15, -0.1) is 0 Å². The van der Waals surface area contributed by atoms with Crippen LogP contribution in [0.2, 0.25) is 0 Å². The zero-order valence-corrected chi connectivity index (χ0v) is 12.2. The number of piperidine rings is 1. The van der Waals surface area contributed by atoms with E-state index >= 15 is 0 Å². The molecule has 2 heterocycles. The molecule has 0 bridgehead atoms. The molecule has 7 heteroatoms. The van der Waals surface area contributed by atoms with Crippen molar-refractivity contribution in [2.24, 2.45) is 0 Å². The van der Waals surface area contributed by atoms with Gasteiger partial charge in [0.25, 0.3) is 10.2 Å². The summed E-state index contributed by atoms with van der Waals surface area (Å²) in [5, 5.41) is 9.47. The first-order valence-corrected chi connectivity index (χ1v) is 8.36. The summed E-state index contributed by atoms with van der Waals surface area (Å²) in [6.07, 6.45) is 4.11.